The van der Waals surface area contributed by atoms with E-state index < -0.39 is 24.3 Å². The number of carbonyl (C=O) groups excluding carboxylic acids is 4. The van der Waals surface area contributed by atoms with Crippen LogP contribution in [0.3, 0.4) is 0 Å². The van der Waals surface area contributed by atoms with Crippen LogP contribution in [0, 0.1) is 5.92 Å². The molecule has 2 aliphatic heterocycles. The Kier molecular flexibility index (Phi) is 10.5. The minimum atomic E-state index is -0.782. The second kappa shape index (κ2) is 16.0. The van der Waals surface area contributed by atoms with Gasteiger partial charge in [-0.2, -0.15) is 0 Å². The number of benzene rings is 3. The lowest BCUT2D eigenvalue weighted by Crippen LogP contribution is -2.51. The van der Waals surface area contributed by atoms with Gasteiger partial charge in [-0.3, -0.25) is 9.59 Å². The lowest BCUT2D eigenvalue weighted by molar-refractivity contribution is -0.135. The highest BCUT2D eigenvalue weighted by Crippen LogP contribution is 2.36. The van der Waals surface area contributed by atoms with Crippen molar-refractivity contribution < 1.29 is 28.7 Å². The van der Waals surface area contributed by atoms with Gasteiger partial charge in [0.1, 0.15) is 23.7 Å². The zero-order valence-electron chi connectivity index (χ0n) is 32.2. The van der Waals surface area contributed by atoms with Gasteiger partial charge in [0.25, 0.3) is 0 Å². The number of amides is 4. The number of imidazole rings is 2. The zero-order chi connectivity index (χ0) is 39.6. The molecule has 2 aromatic heterocycles. The van der Waals surface area contributed by atoms with Crippen LogP contribution in [-0.4, -0.2) is 93.1 Å². The average molecular weight is 771 g/mol. The van der Waals surface area contributed by atoms with Gasteiger partial charge in [-0.25, -0.2) is 19.6 Å². The number of methoxy groups -OCH3 is 2. The SMILES string of the molecule is COC(=O)N[C@@H](C)C(=O)N1CCC[C@H]1c1ncc(-c2ccc3cc(-c4ccc5nc([C@@H]6CCCN6C(=O)[C@@H](NC(=O)OC)C6C=CCC=C6)[nH]c5c4)ccc3c2)[nH]1. The zero-order valence-corrected chi connectivity index (χ0v) is 32.2. The van der Waals surface area contributed by atoms with E-state index in [0.717, 1.165) is 87.9 Å². The standard InChI is InChI=1S/C43H46N8O6/c1-25(45-42(54)56-2)40(52)50-19-7-11-35(50)38-44-24-34(48-38)31-16-15-27-21-28(13-14-29(27)22-31)30-17-18-32-33(23-30)47-39(46-32)36-12-8-20-51(36)41(53)37(49-43(55)57-3)26-9-5-4-6-10-26/h5-6,9-10,13-18,21-26,35-37H,4,7-8,11-12,19-20H2,1-3H3,(H,44,48)(H,45,54)(H,46,47)(H,49,55)/t25-,35-,36-,37-/m0/s1. The summed E-state index contributed by atoms with van der Waals surface area (Å²) in [4.78, 5) is 71.3. The van der Waals surface area contributed by atoms with Crippen LogP contribution in [0.2, 0.25) is 0 Å². The Morgan fingerprint density at radius 3 is 2.09 bits per heavy atom. The van der Waals surface area contributed by atoms with Gasteiger partial charge in [-0.15, -0.1) is 0 Å². The highest BCUT2D eigenvalue weighted by atomic mass is 16.5. The van der Waals surface area contributed by atoms with E-state index in [0.29, 0.717) is 13.1 Å². The maximum Gasteiger partial charge on any atom is 0.407 e. The Morgan fingerprint density at radius 2 is 1.37 bits per heavy atom. The summed E-state index contributed by atoms with van der Waals surface area (Å²) in [6, 6.07) is 16.9. The Labute approximate surface area is 329 Å². The van der Waals surface area contributed by atoms with Gasteiger partial charge in [0, 0.05) is 24.6 Å². The number of nitrogens with one attached hydrogen (secondary N) is 4. The van der Waals surface area contributed by atoms with Gasteiger partial charge in [-0.05, 0) is 85.2 Å². The number of hydrogen-bond donors (Lipinski definition) is 4. The number of likely N-dealkylation sites (tertiary alicyclic amines) is 2. The molecule has 294 valence electrons. The molecule has 4 heterocycles. The highest BCUT2D eigenvalue weighted by molar-refractivity contribution is 5.92. The molecular formula is C43H46N8O6. The number of carbonyl (C=O) groups is 4. The van der Waals surface area contributed by atoms with Crippen molar-refractivity contribution in [3.63, 3.8) is 0 Å². The summed E-state index contributed by atoms with van der Waals surface area (Å²) in [5, 5.41) is 7.49. The molecule has 2 saturated heterocycles. The molecule has 0 spiro atoms. The first-order valence-corrected chi connectivity index (χ1v) is 19.4. The largest absolute Gasteiger partial charge is 0.453 e. The fourth-order valence-electron chi connectivity index (χ4n) is 8.31. The molecule has 8 rings (SSSR count). The van der Waals surface area contributed by atoms with Crippen molar-refractivity contribution in [2.24, 2.45) is 5.92 Å². The number of aromatic nitrogens is 4. The van der Waals surface area contributed by atoms with Crippen LogP contribution in [-0.2, 0) is 19.1 Å². The van der Waals surface area contributed by atoms with E-state index in [-0.39, 0.29) is 29.8 Å². The maximum atomic E-state index is 14.0. The Balaban J connectivity index is 0.982. The van der Waals surface area contributed by atoms with Crippen LogP contribution in [0.15, 0.2) is 85.1 Å². The quantitative estimate of drug-likeness (QED) is 0.120. The van der Waals surface area contributed by atoms with Crippen LogP contribution in [0.4, 0.5) is 9.59 Å². The Bertz CT molecular complexity index is 2390. The molecule has 4 amide bonds. The highest BCUT2D eigenvalue weighted by Gasteiger charge is 2.39. The summed E-state index contributed by atoms with van der Waals surface area (Å²) < 4.78 is 9.52. The molecule has 4 N–H and O–H groups in total. The molecule has 0 bridgehead atoms. The second-order valence-electron chi connectivity index (χ2n) is 14.8. The summed E-state index contributed by atoms with van der Waals surface area (Å²) in [7, 11) is 2.57. The topological polar surface area (TPSA) is 175 Å². The lowest BCUT2D eigenvalue weighted by atomic mass is 9.93. The smallest absolute Gasteiger partial charge is 0.407 e. The predicted molar refractivity (Wildman–Crippen MR) is 215 cm³/mol. The molecule has 0 unspecified atom stereocenters. The molecule has 57 heavy (non-hydrogen) atoms. The third kappa shape index (κ3) is 7.59. The number of H-pyrrole nitrogens is 2. The Hall–Kier alpha value is -6.44. The first kappa shape index (κ1) is 37.5. The lowest BCUT2D eigenvalue weighted by Gasteiger charge is -2.31. The first-order valence-electron chi connectivity index (χ1n) is 19.4. The van der Waals surface area contributed by atoms with E-state index >= 15 is 0 Å². The van der Waals surface area contributed by atoms with Crippen LogP contribution in [0.1, 0.15) is 62.8 Å². The van der Waals surface area contributed by atoms with E-state index in [2.05, 4.69) is 78.9 Å². The molecule has 0 radical (unpaired) electrons. The first-order chi connectivity index (χ1) is 27.7. The molecule has 2 fully saturated rings. The maximum absolute atomic E-state index is 14.0. The normalized spacial score (nSPS) is 19.2. The number of fused-ring (bicyclic) bond motifs is 2. The molecule has 3 aliphatic rings. The van der Waals surface area contributed by atoms with Crippen molar-refractivity contribution in [1.82, 2.24) is 40.4 Å². The molecule has 1 aliphatic carbocycles. The number of hydrogen-bond acceptors (Lipinski definition) is 8. The number of allylic oxidation sites excluding steroid dienone is 2. The number of nitrogens with zero attached hydrogens (tertiary/aromatic N) is 4. The number of ether oxygens (including phenoxy) is 2. The molecular weight excluding hydrogens is 725 g/mol. The predicted octanol–water partition coefficient (Wildman–Crippen LogP) is 6.70. The van der Waals surface area contributed by atoms with Crippen molar-refractivity contribution in [3.05, 3.63) is 96.7 Å². The van der Waals surface area contributed by atoms with E-state index in [1.165, 1.54) is 14.2 Å². The minimum Gasteiger partial charge on any atom is -0.453 e. The van der Waals surface area contributed by atoms with Crippen molar-refractivity contribution in [3.8, 4) is 22.4 Å². The monoisotopic (exact) mass is 770 g/mol. The average Bonchev–Trinajstić information content (AvgIpc) is 4.08. The summed E-state index contributed by atoms with van der Waals surface area (Å²) >= 11 is 0. The number of aromatic amines is 2. The van der Waals surface area contributed by atoms with Gasteiger partial charge in [0.2, 0.25) is 11.8 Å². The van der Waals surface area contributed by atoms with E-state index in [4.69, 9.17) is 9.72 Å². The summed E-state index contributed by atoms with van der Waals surface area (Å²) in [5.41, 5.74) is 5.63. The fraction of sp³-hybridized carbons (Fsp3) is 0.349. The summed E-state index contributed by atoms with van der Waals surface area (Å²) in [6.07, 6.45) is 12.5. The van der Waals surface area contributed by atoms with Crippen LogP contribution < -0.4 is 10.6 Å². The third-order valence-corrected chi connectivity index (χ3v) is 11.3. The van der Waals surface area contributed by atoms with Gasteiger partial charge in [0.15, 0.2) is 0 Å². The fourth-order valence-corrected chi connectivity index (χ4v) is 8.31. The van der Waals surface area contributed by atoms with E-state index in [1.807, 2.05) is 35.3 Å². The van der Waals surface area contributed by atoms with Crippen molar-refractivity contribution in [2.75, 3.05) is 27.3 Å². The van der Waals surface area contributed by atoms with Gasteiger partial charge >= 0.3 is 12.2 Å². The van der Waals surface area contributed by atoms with Crippen LogP contribution in [0.5, 0.6) is 0 Å². The van der Waals surface area contributed by atoms with Gasteiger partial charge in [0.05, 0.1) is 49.2 Å². The second-order valence-corrected chi connectivity index (χ2v) is 14.8. The summed E-state index contributed by atoms with van der Waals surface area (Å²) in [6.45, 7) is 2.82. The Morgan fingerprint density at radius 1 is 0.754 bits per heavy atom. The molecule has 5 aromatic rings. The molecule has 4 atom stereocenters. The number of alkyl carbamates (subject to hydrolysis) is 2. The van der Waals surface area contributed by atoms with E-state index in [1.54, 1.807) is 18.0 Å². The molecule has 14 nitrogen and oxygen atoms in total. The molecule has 14 heteroatoms. The van der Waals surface area contributed by atoms with Crippen molar-refractivity contribution in [1.29, 1.82) is 0 Å². The van der Waals surface area contributed by atoms with Crippen molar-refractivity contribution >= 4 is 45.8 Å². The third-order valence-electron chi connectivity index (χ3n) is 11.3. The van der Waals surface area contributed by atoms with Crippen LogP contribution in [0.25, 0.3) is 44.2 Å². The van der Waals surface area contributed by atoms with Crippen LogP contribution >= 0.6 is 0 Å². The van der Waals surface area contributed by atoms with E-state index in [9.17, 15) is 19.2 Å². The van der Waals surface area contributed by atoms with Crippen molar-refractivity contribution in [2.45, 2.75) is 63.2 Å². The minimum absolute atomic E-state index is 0.161. The molecule has 0 saturated carbocycles. The summed E-state index contributed by atoms with van der Waals surface area (Å²) in [5.74, 6) is 0.843. The number of rotatable bonds is 9. The molecule has 3 aromatic carbocycles. The van der Waals surface area contributed by atoms with Gasteiger partial charge < -0.3 is 39.9 Å². The van der Waals surface area contributed by atoms with Gasteiger partial charge in [-0.1, -0.05) is 54.6 Å².